The van der Waals surface area contributed by atoms with Crippen molar-refractivity contribution in [3.8, 4) is 22.4 Å². The number of carbonyl (C=O) groups excluding carboxylic acids is 1. The first-order valence-corrected chi connectivity index (χ1v) is 10.4. The molecule has 2 aromatic heterocycles. The number of aromatic nitrogens is 3. The summed E-state index contributed by atoms with van der Waals surface area (Å²) in [5.41, 5.74) is 3.88. The standard InChI is InChI=1S/C25H23N5O3/c1-16(24(31)29-23-11-8-18(15-26-23)17-6-4-3-5-7-17)28-19-9-10-20(21(14-19)25(32)33)22-12-13-27-30(22)2/h3-16,28H,1-2H3,(H,32,33)(H,26,29,31). The number of hydrogen-bond acceptors (Lipinski definition) is 5. The van der Waals surface area contributed by atoms with Crippen LogP contribution in [0.25, 0.3) is 22.4 Å². The quantitative estimate of drug-likeness (QED) is 0.395. The molecule has 2 heterocycles. The maximum Gasteiger partial charge on any atom is 0.336 e. The second-order valence-electron chi connectivity index (χ2n) is 7.56. The van der Waals surface area contributed by atoms with Crippen LogP contribution in [-0.2, 0) is 11.8 Å². The lowest BCUT2D eigenvalue weighted by Gasteiger charge is -2.16. The Hall–Kier alpha value is -4.46. The molecule has 0 spiro atoms. The number of amides is 1. The summed E-state index contributed by atoms with van der Waals surface area (Å²) in [7, 11) is 1.75. The molecule has 166 valence electrons. The van der Waals surface area contributed by atoms with Crippen molar-refractivity contribution in [1.29, 1.82) is 0 Å². The van der Waals surface area contributed by atoms with Gasteiger partial charge < -0.3 is 15.7 Å². The predicted molar refractivity (Wildman–Crippen MR) is 127 cm³/mol. The molecule has 2 aromatic carbocycles. The normalized spacial score (nSPS) is 11.6. The lowest BCUT2D eigenvalue weighted by molar-refractivity contribution is -0.116. The van der Waals surface area contributed by atoms with E-state index in [0.717, 1.165) is 11.1 Å². The van der Waals surface area contributed by atoms with Crippen LogP contribution in [0.5, 0.6) is 0 Å². The van der Waals surface area contributed by atoms with Gasteiger partial charge in [-0.25, -0.2) is 9.78 Å². The van der Waals surface area contributed by atoms with Crippen LogP contribution in [0.4, 0.5) is 11.5 Å². The Balaban J connectivity index is 1.45. The lowest BCUT2D eigenvalue weighted by atomic mass is 10.0. The van der Waals surface area contributed by atoms with Crippen LogP contribution in [0.3, 0.4) is 0 Å². The van der Waals surface area contributed by atoms with E-state index in [1.54, 1.807) is 55.3 Å². The zero-order chi connectivity index (χ0) is 23.4. The number of aromatic carboxylic acids is 1. The second kappa shape index (κ2) is 9.35. The molecule has 4 rings (SSSR count). The van der Waals surface area contributed by atoms with Gasteiger partial charge in [-0.1, -0.05) is 30.3 Å². The highest BCUT2D eigenvalue weighted by Crippen LogP contribution is 2.26. The number of benzene rings is 2. The smallest absolute Gasteiger partial charge is 0.336 e. The largest absolute Gasteiger partial charge is 0.478 e. The van der Waals surface area contributed by atoms with Crippen LogP contribution in [0, 0.1) is 0 Å². The molecule has 0 aliphatic rings. The number of nitrogens with one attached hydrogen (secondary N) is 2. The van der Waals surface area contributed by atoms with Gasteiger partial charge in [0.15, 0.2) is 0 Å². The average Bonchev–Trinajstić information content (AvgIpc) is 3.25. The zero-order valence-corrected chi connectivity index (χ0v) is 18.2. The fourth-order valence-corrected chi connectivity index (χ4v) is 3.49. The van der Waals surface area contributed by atoms with Gasteiger partial charge in [0, 0.05) is 36.3 Å². The SMILES string of the molecule is CC(Nc1ccc(-c2ccnn2C)c(C(=O)O)c1)C(=O)Nc1ccc(-c2ccccc2)cn1. The Labute approximate surface area is 190 Å². The van der Waals surface area contributed by atoms with Gasteiger partial charge in [-0.3, -0.25) is 9.48 Å². The Bertz CT molecular complexity index is 1280. The molecule has 0 saturated heterocycles. The molecular formula is C25H23N5O3. The molecule has 0 fully saturated rings. The summed E-state index contributed by atoms with van der Waals surface area (Å²) in [5, 5.41) is 19.6. The fraction of sp³-hybridized carbons (Fsp3) is 0.120. The summed E-state index contributed by atoms with van der Waals surface area (Å²) in [6.45, 7) is 1.70. The van der Waals surface area contributed by atoms with Crippen LogP contribution in [0.2, 0.25) is 0 Å². The van der Waals surface area contributed by atoms with Gasteiger partial charge in [0.05, 0.1) is 11.3 Å². The van der Waals surface area contributed by atoms with E-state index in [9.17, 15) is 14.7 Å². The zero-order valence-electron chi connectivity index (χ0n) is 18.2. The van der Waals surface area contributed by atoms with Crippen molar-refractivity contribution in [2.24, 2.45) is 7.05 Å². The molecule has 1 atom stereocenters. The van der Waals surface area contributed by atoms with E-state index in [1.807, 2.05) is 36.4 Å². The minimum Gasteiger partial charge on any atom is -0.478 e. The summed E-state index contributed by atoms with van der Waals surface area (Å²) >= 11 is 0. The molecule has 1 amide bonds. The summed E-state index contributed by atoms with van der Waals surface area (Å²) in [6, 6.07) is 19.6. The van der Waals surface area contributed by atoms with E-state index in [-0.39, 0.29) is 11.5 Å². The summed E-state index contributed by atoms with van der Waals surface area (Å²) in [6.07, 6.45) is 3.32. The Morgan fingerprint density at radius 3 is 2.42 bits per heavy atom. The average molecular weight is 441 g/mol. The highest BCUT2D eigenvalue weighted by Gasteiger charge is 2.18. The number of nitrogens with zero attached hydrogens (tertiary/aromatic N) is 3. The van der Waals surface area contributed by atoms with Crippen molar-refractivity contribution >= 4 is 23.4 Å². The second-order valence-corrected chi connectivity index (χ2v) is 7.56. The molecule has 1 unspecified atom stereocenters. The van der Waals surface area contributed by atoms with E-state index in [1.165, 1.54) is 6.07 Å². The van der Waals surface area contributed by atoms with E-state index in [0.29, 0.717) is 22.8 Å². The minimum absolute atomic E-state index is 0.120. The maximum absolute atomic E-state index is 12.6. The predicted octanol–water partition coefficient (Wildman–Crippen LogP) is 4.29. The van der Waals surface area contributed by atoms with Crippen molar-refractivity contribution in [3.63, 3.8) is 0 Å². The van der Waals surface area contributed by atoms with E-state index in [4.69, 9.17) is 0 Å². The van der Waals surface area contributed by atoms with Crippen LogP contribution < -0.4 is 10.6 Å². The highest BCUT2D eigenvalue weighted by molar-refractivity contribution is 5.98. The van der Waals surface area contributed by atoms with Crippen LogP contribution in [0.15, 0.2) is 79.1 Å². The number of rotatable bonds is 7. The first-order chi connectivity index (χ1) is 15.9. The Morgan fingerprint density at radius 1 is 1.00 bits per heavy atom. The number of carbonyl (C=O) groups is 2. The molecule has 33 heavy (non-hydrogen) atoms. The number of pyridine rings is 1. The van der Waals surface area contributed by atoms with Crippen molar-refractivity contribution in [2.75, 3.05) is 10.6 Å². The number of aryl methyl sites for hydroxylation is 1. The van der Waals surface area contributed by atoms with Crippen molar-refractivity contribution in [2.45, 2.75) is 13.0 Å². The number of hydrogen-bond donors (Lipinski definition) is 3. The molecule has 0 aliphatic carbocycles. The van der Waals surface area contributed by atoms with Gasteiger partial charge >= 0.3 is 5.97 Å². The van der Waals surface area contributed by atoms with Gasteiger partial charge in [-0.15, -0.1) is 0 Å². The molecule has 8 nitrogen and oxygen atoms in total. The number of anilines is 2. The van der Waals surface area contributed by atoms with Gasteiger partial charge in [-0.05, 0) is 48.9 Å². The summed E-state index contributed by atoms with van der Waals surface area (Å²) in [5.74, 6) is -0.914. The molecule has 0 aliphatic heterocycles. The van der Waals surface area contributed by atoms with Crippen molar-refractivity contribution in [3.05, 3.63) is 84.7 Å². The number of carboxylic acid groups (broad SMARTS) is 1. The Kier molecular flexibility index (Phi) is 6.17. The monoisotopic (exact) mass is 441 g/mol. The van der Waals surface area contributed by atoms with E-state index >= 15 is 0 Å². The van der Waals surface area contributed by atoms with E-state index in [2.05, 4.69) is 20.7 Å². The third-order valence-corrected chi connectivity index (χ3v) is 5.25. The van der Waals surface area contributed by atoms with Crippen molar-refractivity contribution in [1.82, 2.24) is 14.8 Å². The number of carboxylic acids is 1. The first kappa shape index (κ1) is 21.8. The van der Waals surface area contributed by atoms with Gasteiger partial charge in [0.1, 0.15) is 11.9 Å². The third-order valence-electron chi connectivity index (χ3n) is 5.25. The highest BCUT2D eigenvalue weighted by atomic mass is 16.4. The molecule has 0 bridgehead atoms. The first-order valence-electron chi connectivity index (χ1n) is 10.4. The lowest BCUT2D eigenvalue weighted by Crippen LogP contribution is -2.32. The van der Waals surface area contributed by atoms with Crippen LogP contribution >= 0.6 is 0 Å². The van der Waals surface area contributed by atoms with Crippen LogP contribution in [-0.4, -0.2) is 37.8 Å². The topological polar surface area (TPSA) is 109 Å². The molecule has 0 radical (unpaired) electrons. The van der Waals surface area contributed by atoms with Gasteiger partial charge in [0.25, 0.3) is 0 Å². The third kappa shape index (κ3) is 4.90. The van der Waals surface area contributed by atoms with E-state index < -0.39 is 12.0 Å². The summed E-state index contributed by atoms with van der Waals surface area (Å²) < 4.78 is 1.61. The Morgan fingerprint density at radius 2 is 1.79 bits per heavy atom. The minimum atomic E-state index is -1.06. The molecular weight excluding hydrogens is 418 g/mol. The molecule has 3 N–H and O–H groups in total. The molecule has 8 heteroatoms. The summed E-state index contributed by atoms with van der Waals surface area (Å²) in [4.78, 5) is 28.8. The van der Waals surface area contributed by atoms with Gasteiger partial charge in [-0.2, -0.15) is 5.10 Å². The molecule has 0 saturated carbocycles. The maximum atomic E-state index is 12.6. The van der Waals surface area contributed by atoms with Crippen LogP contribution in [0.1, 0.15) is 17.3 Å². The van der Waals surface area contributed by atoms with Crippen molar-refractivity contribution < 1.29 is 14.7 Å². The molecule has 4 aromatic rings. The van der Waals surface area contributed by atoms with Gasteiger partial charge in [0.2, 0.25) is 5.91 Å². The fourth-order valence-electron chi connectivity index (χ4n) is 3.49.